The molecule has 2 aromatic rings. The van der Waals surface area contributed by atoms with Crippen molar-refractivity contribution in [2.45, 2.75) is 33.2 Å². The molecule has 19 heavy (non-hydrogen) atoms. The van der Waals surface area contributed by atoms with Crippen molar-refractivity contribution in [3.63, 3.8) is 0 Å². The van der Waals surface area contributed by atoms with Crippen LogP contribution in [0.2, 0.25) is 0 Å². The Kier molecular flexibility index (Phi) is 4.12. The molecule has 100 valence electrons. The summed E-state index contributed by atoms with van der Waals surface area (Å²) in [5.74, 6) is 1.74. The minimum atomic E-state index is 0.312. The van der Waals surface area contributed by atoms with Gasteiger partial charge in [-0.1, -0.05) is 26.0 Å². The number of hydrogen-bond donors (Lipinski definition) is 1. The summed E-state index contributed by atoms with van der Waals surface area (Å²) in [5, 5.41) is 0. The largest absolute Gasteiger partial charge is 0.437 e. The second-order valence-corrected chi connectivity index (χ2v) is 4.79. The monoisotopic (exact) mass is 257 g/mol. The summed E-state index contributed by atoms with van der Waals surface area (Å²) >= 11 is 0. The Balaban J connectivity index is 2.34. The van der Waals surface area contributed by atoms with Crippen molar-refractivity contribution in [3.05, 3.63) is 47.4 Å². The molecule has 0 aliphatic rings. The van der Waals surface area contributed by atoms with E-state index in [2.05, 4.69) is 42.0 Å². The van der Waals surface area contributed by atoms with Crippen LogP contribution in [-0.2, 0) is 6.54 Å². The highest BCUT2D eigenvalue weighted by Gasteiger charge is 2.09. The molecule has 0 atom stereocenters. The summed E-state index contributed by atoms with van der Waals surface area (Å²) in [6.07, 6.45) is 3.22. The molecule has 0 bridgehead atoms. The predicted molar refractivity (Wildman–Crippen MR) is 75.3 cm³/mol. The SMILES string of the molecule is Cc1ccc(C(C)C)cc1Oc1nccnc1CN. The normalized spacial score (nSPS) is 10.8. The summed E-state index contributed by atoms with van der Waals surface area (Å²) in [5.41, 5.74) is 8.60. The first-order valence-electron chi connectivity index (χ1n) is 6.40. The Labute approximate surface area is 113 Å². The molecule has 0 amide bonds. The molecule has 0 aliphatic carbocycles. The number of benzene rings is 1. The van der Waals surface area contributed by atoms with Crippen LogP contribution in [0, 0.1) is 6.92 Å². The van der Waals surface area contributed by atoms with E-state index in [0.717, 1.165) is 11.3 Å². The third-order valence-electron chi connectivity index (χ3n) is 3.01. The fourth-order valence-electron chi connectivity index (χ4n) is 1.77. The lowest BCUT2D eigenvalue weighted by atomic mass is 10.0. The van der Waals surface area contributed by atoms with Crippen LogP contribution in [0.4, 0.5) is 0 Å². The highest BCUT2D eigenvalue weighted by Crippen LogP contribution is 2.28. The van der Waals surface area contributed by atoms with E-state index in [9.17, 15) is 0 Å². The van der Waals surface area contributed by atoms with Crippen molar-refractivity contribution in [2.75, 3.05) is 0 Å². The summed E-state index contributed by atoms with van der Waals surface area (Å²) in [4.78, 5) is 8.36. The Morgan fingerprint density at radius 1 is 1.21 bits per heavy atom. The van der Waals surface area contributed by atoms with Crippen LogP contribution >= 0.6 is 0 Å². The lowest BCUT2D eigenvalue weighted by Crippen LogP contribution is -2.04. The van der Waals surface area contributed by atoms with Gasteiger partial charge in [-0.25, -0.2) is 4.98 Å². The topological polar surface area (TPSA) is 61.0 Å². The minimum absolute atomic E-state index is 0.312. The van der Waals surface area contributed by atoms with Gasteiger partial charge in [0, 0.05) is 18.9 Å². The van der Waals surface area contributed by atoms with E-state index in [1.54, 1.807) is 12.4 Å². The van der Waals surface area contributed by atoms with Gasteiger partial charge in [-0.05, 0) is 30.0 Å². The molecule has 1 aromatic heterocycles. The first kappa shape index (κ1) is 13.5. The predicted octanol–water partition coefficient (Wildman–Crippen LogP) is 3.16. The van der Waals surface area contributed by atoms with Crippen molar-refractivity contribution in [3.8, 4) is 11.6 Å². The van der Waals surface area contributed by atoms with Gasteiger partial charge in [-0.2, -0.15) is 0 Å². The van der Waals surface area contributed by atoms with Gasteiger partial charge in [-0.15, -0.1) is 0 Å². The molecule has 4 heteroatoms. The molecule has 0 spiro atoms. The van der Waals surface area contributed by atoms with Gasteiger partial charge in [0.2, 0.25) is 5.88 Å². The van der Waals surface area contributed by atoms with Crippen LogP contribution in [0.15, 0.2) is 30.6 Å². The van der Waals surface area contributed by atoms with Crippen LogP contribution < -0.4 is 10.5 Å². The quantitative estimate of drug-likeness (QED) is 0.914. The van der Waals surface area contributed by atoms with Crippen LogP contribution in [-0.4, -0.2) is 9.97 Å². The highest BCUT2D eigenvalue weighted by atomic mass is 16.5. The second-order valence-electron chi connectivity index (χ2n) is 4.79. The fraction of sp³-hybridized carbons (Fsp3) is 0.333. The molecule has 0 saturated carbocycles. The van der Waals surface area contributed by atoms with Crippen LogP contribution in [0.25, 0.3) is 0 Å². The van der Waals surface area contributed by atoms with E-state index in [0.29, 0.717) is 24.0 Å². The number of rotatable bonds is 4. The minimum Gasteiger partial charge on any atom is -0.437 e. The van der Waals surface area contributed by atoms with E-state index in [4.69, 9.17) is 10.5 Å². The van der Waals surface area contributed by atoms with Crippen molar-refractivity contribution in [2.24, 2.45) is 5.73 Å². The molecular formula is C15H19N3O. The molecule has 4 nitrogen and oxygen atoms in total. The Bertz CT molecular complexity index is 567. The first-order chi connectivity index (χ1) is 9.11. The number of ether oxygens (including phenoxy) is 1. The molecule has 1 aromatic carbocycles. The van der Waals surface area contributed by atoms with Crippen molar-refractivity contribution >= 4 is 0 Å². The van der Waals surface area contributed by atoms with Crippen LogP contribution in [0.3, 0.4) is 0 Å². The van der Waals surface area contributed by atoms with E-state index in [-0.39, 0.29) is 0 Å². The molecule has 2 rings (SSSR count). The summed E-state index contributed by atoms with van der Waals surface area (Å²) < 4.78 is 5.87. The summed E-state index contributed by atoms with van der Waals surface area (Å²) in [6, 6.07) is 6.23. The Hall–Kier alpha value is -1.94. The van der Waals surface area contributed by atoms with Gasteiger partial charge in [0.15, 0.2) is 0 Å². The molecular weight excluding hydrogens is 238 g/mol. The zero-order chi connectivity index (χ0) is 13.8. The van der Waals surface area contributed by atoms with Gasteiger partial charge >= 0.3 is 0 Å². The highest BCUT2D eigenvalue weighted by molar-refractivity contribution is 5.40. The number of nitrogens with zero attached hydrogens (tertiary/aromatic N) is 2. The van der Waals surface area contributed by atoms with E-state index in [1.807, 2.05) is 6.92 Å². The Morgan fingerprint density at radius 2 is 1.95 bits per heavy atom. The number of aryl methyl sites for hydroxylation is 1. The van der Waals surface area contributed by atoms with Crippen LogP contribution in [0.1, 0.15) is 36.6 Å². The first-order valence-corrected chi connectivity index (χ1v) is 6.40. The number of nitrogens with two attached hydrogens (primary N) is 1. The molecule has 0 radical (unpaired) electrons. The summed E-state index contributed by atoms with van der Waals surface area (Å²) in [7, 11) is 0. The smallest absolute Gasteiger partial charge is 0.242 e. The van der Waals surface area contributed by atoms with E-state index >= 15 is 0 Å². The molecule has 0 aliphatic heterocycles. The maximum atomic E-state index is 5.87. The van der Waals surface area contributed by atoms with Crippen molar-refractivity contribution < 1.29 is 4.74 Å². The lowest BCUT2D eigenvalue weighted by Gasteiger charge is -2.13. The van der Waals surface area contributed by atoms with E-state index in [1.165, 1.54) is 5.56 Å². The average molecular weight is 257 g/mol. The van der Waals surface area contributed by atoms with Gasteiger partial charge in [0.1, 0.15) is 11.4 Å². The molecule has 2 N–H and O–H groups in total. The average Bonchev–Trinajstić information content (AvgIpc) is 2.41. The number of aromatic nitrogens is 2. The second kappa shape index (κ2) is 5.80. The third kappa shape index (κ3) is 3.09. The molecule has 1 heterocycles. The number of hydrogen-bond acceptors (Lipinski definition) is 4. The standard InChI is InChI=1S/C15H19N3O/c1-10(2)12-5-4-11(3)14(8-12)19-15-13(9-16)17-6-7-18-15/h4-8,10H,9,16H2,1-3H3. The summed E-state index contributed by atoms with van der Waals surface area (Å²) in [6.45, 7) is 6.63. The van der Waals surface area contributed by atoms with Gasteiger partial charge in [0.25, 0.3) is 0 Å². The van der Waals surface area contributed by atoms with Crippen molar-refractivity contribution in [1.82, 2.24) is 9.97 Å². The van der Waals surface area contributed by atoms with Crippen molar-refractivity contribution in [1.29, 1.82) is 0 Å². The maximum absolute atomic E-state index is 5.87. The molecule has 0 saturated heterocycles. The van der Waals surface area contributed by atoms with Crippen LogP contribution in [0.5, 0.6) is 11.6 Å². The van der Waals surface area contributed by atoms with Gasteiger partial charge in [0.05, 0.1) is 0 Å². The Morgan fingerprint density at radius 3 is 2.63 bits per heavy atom. The third-order valence-corrected chi connectivity index (χ3v) is 3.01. The van der Waals surface area contributed by atoms with Gasteiger partial charge in [-0.3, -0.25) is 4.98 Å². The lowest BCUT2D eigenvalue weighted by molar-refractivity contribution is 0.448. The molecule has 0 unspecified atom stereocenters. The van der Waals surface area contributed by atoms with Gasteiger partial charge < -0.3 is 10.5 Å². The van der Waals surface area contributed by atoms with E-state index < -0.39 is 0 Å². The zero-order valence-electron chi connectivity index (χ0n) is 11.6. The maximum Gasteiger partial charge on any atom is 0.242 e. The molecule has 0 fully saturated rings. The zero-order valence-corrected chi connectivity index (χ0v) is 11.6. The fourth-order valence-corrected chi connectivity index (χ4v) is 1.77.